The molecule has 0 spiro atoms. The third kappa shape index (κ3) is 2.89. The van der Waals surface area contributed by atoms with Crippen molar-refractivity contribution in [2.45, 2.75) is 50.6 Å². The van der Waals surface area contributed by atoms with Crippen LogP contribution in [0.25, 0.3) is 0 Å². The van der Waals surface area contributed by atoms with Crippen molar-refractivity contribution in [3.05, 3.63) is 35.6 Å². The van der Waals surface area contributed by atoms with E-state index in [4.69, 9.17) is 5.73 Å². The molecule has 0 radical (unpaired) electrons. The van der Waals surface area contributed by atoms with Crippen LogP contribution in [0.15, 0.2) is 24.3 Å². The predicted molar refractivity (Wildman–Crippen MR) is 80.1 cm³/mol. The highest BCUT2D eigenvalue weighted by molar-refractivity contribution is 5.22. The second-order valence-corrected chi connectivity index (χ2v) is 6.63. The van der Waals surface area contributed by atoms with Gasteiger partial charge in [-0.15, -0.1) is 0 Å². The second-order valence-electron chi connectivity index (χ2n) is 6.63. The average molecular weight is 276 g/mol. The second kappa shape index (κ2) is 5.82. The summed E-state index contributed by atoms with van der Waals surface area (Å²) in [6, 6.07) is 7.85. The van der Waals surface area contributed by atoms with Gasteiger partial charge < -0.3 is 5.73 Å². The molecule has 1 aliphatic carbocycles. The first-order valence-corrected chi connectivity index (χ1v) is 7.88. The SMILES string of the molecule is CC(C1CCC1)N1CC(N)CC(c2ccc(F)cc2)C1. The van der Waals surface area contributed by atoms with Crippen molar-refractivity contribution in [3.8, 4) is 0 Å². The van der Waals surface area contributed by atoms with Gasteiger partial charge in [-0.1, -0.05) is 18.6 Å². The van der Waals surface area contributed by atoms with Gasteiger partial charge in [-0.2, -0.15) is 0 Å². The zero-order valence-electron chi connectivity index (χ0n) is 12.3. The van der Waals surface area contributed by atoms with Crippen molar-refractivity contribution < 1.29 is 4.39 Å². The van der Waals surface area contributed by atoms with Crippen LogP contribution in [0.4, 0.5) is 4.39 Å². The zero-order chi connectivity index (χ0) is 14.1. The van der Waals surface area contributed by atoms with Crippen LogP contribution < -0.4 is 5.73 Å². The molecular weight excluding hydrogens is 251 g/mol. The number of piperidine rings is 1. The van der Waals surface area contributed by atoms with Crippen molar-refractivity contribution in [2.24, 2.45) is 11.7 Å². The minimum Gasteiger partial charge on any atom is -0.327 e. The first kappa shape index (κ1) is 14.0. The highest BCUT2D eigenvalue weighted by Gasteiger charge is 2.34. The Labute approximate surface area is 121 Å². The fourth-order valence-electron chi connectivity index (χ4n) is 3.70. The molecule has 2 fully saturated rings. The van der Waals surface area contributed by atoms with Gasteiger partial charge in [0.15, 0.2) is 0 Å². The molecule has 3 atom stereocenters. The van der Waals surface area contributed by atoms with Gasteiger partial charge in [0.05, 0.1) is 0 Å². The van der Waals surface area contributed by atoms with Crippen molar-refractivity contribution >= 4 is 0 Å². The monoisotopic (exact) mass is 276 g/mol. The number of likely N-dealkylation sites (tertiary alicyclic amines) is 1. The molecule has 110 valence electrons. The molecular formula is C17H25FN2. The molecule has 1 heterocycles. The summed E-state index contributed by atoms with van der Waals surface area (Å²) in [6.07, 6.45) is 5.14. The van der Waals surface area contributed by atoms with E-state index in [-0.39, 0.29) is 11.9 Å². The molecule has 3 unspecified atom stereocenters. The van der Waals surface area contributed by atoms with Crippen LogP contribution in [0.1, 0.15) is 44.1 Å². The van der Waals surface area contributed by atoms with Gasteiger partial charge in [0.2, 0.25) is 0 Å². The molecule has 3 rings (SSSR count). The lowest BCUT2D eigenvalue weighted by atomic mass is 9.78. The maximum atomic E-state index is 13.1. The van der Waals surface area contributed by atoms with E-state index in [0.29, 0.717) is 12.0 Å². The molecule has 1 saturated heterocycles. The third-order valence-corrected chi connectivity index (χ3v) is 5.26. The van der Waals surface area contributed by atoms with Gasteiger partial charge in [0, 0.05) is 25.2 Å². The Hall–Kier alpha value is -0.930. The van der Waals surface area contributed by atoms with E-state index in [1.54, 1.807) is 12.1 Å². The van der Waals surface area contributed by atoms with Crippen molar-refractivity contribution in [2.75, 3.05) is 13.1 Å². The van der Waals surface area contributed by atoms with Crippen molar-refractivity contribution in [1.82, 2.24) is 4.90 Å². The van der Waals surface area contributed by atoms with E-state index in [9.17, 15) is 4.39 Å². The zero-order valence-corrected chi connectivity index (χ0v) is 12.3. The number of halogens is 1. The highest BCUT2D eigenvalue weighted by atomic mass is 19.1. The van der Waals surface area contributed by atoms with E-state index >= 15 is 0 Å². The van der Waals surface area contributed by atoms with Crippen LogP contribution >= 0.6 is 0 Å². The van der Waals surface area contributed by atoms with E-state index in [0.717, 1.165) is 25.4 Å². The van der Waals surface area contributed by atoms with E-state index in [2.05, 4.69) is 11.8 Å². The number of hydrogen-bond donors (Lipinski definition) is 1. The third-order valence-electron chi connectivity index (χ3n) is 5.26. The van der Waals surface area contributed by atoms with Gasteiger partial charge in [-0.05, 0) is 55.7 Å². The van der Waals surface area contributed by atoms with Gasteiger partial charge in [-0.3, -0.25) is 4.90 Å². The van der Waals surface area contributed by atoms with Crippen molar-refractivity contribution in [1.29, 1.82) is 0 Å². The number of hydrogen-bond acceptors (Lipinski definition) is 2. The van der Waals surface area contributed by atoms with E-state index in [1.807, 2.05) is 12.1 Å². The number of benzene rings is 1. The minimum atomic E-state index is -0.159. The Kier molecular flexibility index (Phi) is 4.08. The summed E-state index contributed by atoms with van der Waals surface area (Å²) in [5.41, 5.74) is 7.49. The summed E-state index contributed by atoms with van der Waals surface area (Å²) in [5.74, 6) is 1.14. The molecule has 2 N–H and O–H groups in total. The van der Waals surface area contributed by atoms with Crippen LogP contribution in [-0.4, -0.2) is 30.1 Å². The maximum absolute atomic E-state index is 13.1. The molecule has 2 aliphatic rings. The first-order chi connectivity index (χ1) is 9.63. The lowest BCUT2D eigenvalue weighted by Crippen LogP contribution is -2.52. The molecule has 0 aromatic heterocycles. The van der Waals surface area contributed by atoms with Crippen LogP contribution in [0.3, 0.4) is 0 Å². The molecule has 0 amide bonds. The summed E-state index contributed by atoms with van der Waals surface area (Å²) < 4.78 is 13.1. The molecule has 1 saturated carbocycles. The average Bonchev–Trinajstić information content (AvgIpc) is 2.36. The summed E-state index contributed by atoms with van der Waals surface area (Å²) in [4.78, 5) is 2.56. The Bertz CT molecular complexity index is 441. The van der Waals surface area contributed by atoms with Gasteiger partial charge in [0.1, 0.15) is 5.82 Å². The molecule has 0 bridgehead atoms. The van der Waals surface area contributed by atoms with Gasteiger partial charge in [-0.25, -0.2) is 4.39 Å². The fraction of sp³-hybridized carbons (Fsp3) is 0.647. The van der Waals surface area contributed by atoms with Gasteiger partial charge in [0.25, 0.3) is 0 Å². The van der Waals surface area contributed by atoms with Crippen molar-refractivity contribution in [3.63, 3.8) is 0 Å². The quantitative estimate of drug-likeness (QED) is 0.919. The standard InChI is InChI=1S/C17H25FN2/c1-12(13-3-2-4-13)20-10-15(9-17(19)11-20)14-5-7-16(18)8-6-14/h5-8,12-13,15,17H,2-4,9-11,19H2,1H3. The van der Waals surface area contributed by atoms with E-state index in [1.165, 1.54) is 24.8 Å². The van der Waals surface area contributed by atoms with E-state index < -0.39 is 0 Å². The Morgan fingerprint density at radius 2 is 1.90 bits per heavy atom. The smallest absolute Gasteiger partial charge is 0.123 e. The topological polar surface area (TPSA) is 29.3 Å². The fourth-order valence-corrected chi connectivity index (χ4v) is 3.70. The lowest BCUT2D eigenvalue weighted by molar-refractivity contribution is 0.0738. The maximum Gasteiger partial charge on any atom is 0.123 e. The van der Waals surface area contributed by atoms with Crippen LogP contribution in [0, 0.1) is 11.7 Å². The minimum absolute atomic E-state index is 0.159. The summed E-state index contributed by atoms with van der Waals surface area (Å²) in [7, 11) is 0. The van der Waals surface area contributed by atoms with Crippen LogP contribution in [0.5, 0.6) is 0 Å². The van der Waals surface area contributed by atoms with Crippen LogP contribution in [-0.2, 0) is 0 Å². The Morgan fingerprint density at radius 3 is 2.50 bits per heavy atom. The lowest BCUT2D eigenvalue weighted by Gasteiger charge is -2.45. The first-order valence-electron chi connectivity index (χ1n) is 7.88. The number of rotatable bonds is 3. The number of nitrogens with zero attached hydrogens (tertiary/aromatic N) is 1. The molecule has 1 aromatic rings. The molecule has 3 heteroatoms. The van der Waals surface area contributed by atoms with Gasteiger partial charge >= 0.3 is 0 Å². The normalized spacial score (nSPS) is 29.9. The Balaban J connectivity index is 1.70. The molecule has 1 aliphatic heterocycles. The summed E-state index contributed by atoms with van der Waals surface area (Å²) in [6.45, 7) is 4.43. The predicted octanol–water partition coefficient (Wildman–Crippen LogP) is 3.13. The summed E-state index contributed by atoms with van der Waals surface area (Å²) in [5, 5.41) is 0. The molecule has 2 nitrogen and oxygen atoms in total. The summed E-state index contributed by atoms with van der Waals surface area (Å²) >= 11 is 0. The Morgan fingerprint density at radius 1 is 1.20 bits per heavy atom. The molecule has 1 aromatic carbocycles. The number of nitrogens with two attached hydrogens (primary N) is 1. The largest absolute Gasteiger partial charge is 0.327 e. The molecule has 20 heavy (non-hydrogen) atoms. The highest BCUT2D eigenvalue weighted by Crippen LogP contribution is 2.35. The van der Waals surface area contributed by atoms with Crippen LogP contribution in [0.2, 0.25) is 0 Å².